The number of rotatable bonds is 17. The Balaban J connectivity index is 4.66. The number of carboxylic acids is 2. The van der Waals surface area contributed by atoms with Gasteiger partial charge in [-0.2, -0.15) is 0 Å². The minimum atomic E-state index is -1.09. The van der Waals surface area contributed by atoms with Gasteiger partial charge in [-0.05, 0) is 0 Å². The molecule has 0 bridgehead atoms. The van der Waals surface area contributed by atoms with E-state index in [1.165, 1.54) is 31.4 Å². The largest absolute Gasteiger partial charge is 0.480 e. The molecule has 0 radical (unpaired) electrons. The molecular weight excluding hydrogens is 388 g/mol. The number of hydrogen-bond donors (Lipinski definition) is 6. The number of carbonyl (C=O) groups is 2. The molecule has 0 aromatic heterocycles. The summed E-state index contributed by atoms with van der Waals surface area (Å²) in [6.45, 7) is -0.495. The molecule has 2 atom stereocenters. The minimum Gasteiger partial charge on any atom is -0.480 e. The van der Waals surface area contributed by atoms with Gasteiger partial charge in [-0.25, -0.2) is 0 Å². The predicted molar refractivity (Wildman–Crippen MR) is 99.3 cm³/mol. The highest BCUT2D eigenvalue weighted by atomic mass is 33.1. The number of hydrogen-bond acceptors (Lipinski definition) is 10. The monoisotopic (exact) mass is 416 g/mol. The van der Waals surface area contributed by atoms with E-state index in [1.54, 1.807) is 0 Å². The van der Waals surface area contributed by atoms with Crippen LogP contribution < -0.4 is 0 Å². The van der Waals surface area contributed by atoms with Crippen LogP contribution in [0, 0.1) is 0 Å². The molecule has 0 aromatic rings. The lowest BCUT2D eigenvalue weighted by Crippen LogP contribution is -2.46. The number of aliphatic carboxylic acids is 2. The molecule has 0 amide bonds. The molecule has 26 heavy (non-hydrogen) atoms. The van der Waals surface area contributed by atoms with E-state index in [1.807, 2.05) is 0 Å². The van der Waals surface area contributed by atoms with Crippen LogP contribution in [0.1, 0.15) is 0 Å². The SMILES string of the molecule is O=C(O)C(CSSCC(C(=O)O)N(CCO)CCO)N(CCO)CCO. The van der Waals surface area contributed by atoms with E-state index in [9.17, 15) is 19.8 Å². The molecule has 0 rings (SSSR count). The second kappa shape index (κ2) is 15.5. The molecular formula is C14H28N2O8S2. The lowest BCUT2D eigenvalue weighted by atomic mass is 10.3. The third-order valence-electron chi connectivity index (χ3n) is 3.54. The van der Waals surface area contributed by atoms with Gasteiger partial charge in [0.2, 0.25) is 0 Å². The Morgan fingerprint density at radius 2 is 0.923 bits per heavy atom. The maximum atomic E-state index is 11.4. The molecule has 154 valence electrons. The molecule has 0 spiro atoms. The summed E-state index contributed by atoms with van der Waals surface area (Å²) < 4.78 is 0. The molecule has 0 heterocycles. The van der Waals surface area contributed by atoms with Crippen molar-refractivity contribution in [3.63, 3.8) is 0 Å². The minimum absolute atomic E-state index is 0.112. The average Bonchev–Trinajstić information content (AvgIpc) is 2.57. The quantitative estimate of drug-likeness (QED) is 0.113. The zero-order valence-electron chi connectivity index (χ0n) is 14.4. The summed E-state index contributed by atoms with van der Waals surface area (Å²) in [7, 11) is 2.37. The van der Waals surface area contributed by atoms with Gasteiger partial charge in [0.15, 0.2) is 0 Å². The van der Waals surface area contributed by atoms with Crippen molar-refractivity contribution in [1.29, 1.82) is 0 Å². The second-order valence-electron chi connectivity index (χ2n) is 5.24. The van der Waals surface area contributed by atoms with Gasteiger partial charge in [0.25, 0.3) is 0 Å². The first kappa shape index (κ1) is 25.4. The fraction of sp³-hybridized carbons (Fsp3) is 0.857. The molecule has 0 fully saturated rings. The fourth-order valence-corrected chi connectivity index (χ4v) is 4.76. The highest BCUT2D eigenvalue weighted by Crippen LogP contribution is 2.26. The van der Waals surface area contributed by atoms with Gasteiger partial charge in [0.05, 0.1) is 26.4 Å². The fourth-order valence-electron chi connectivity index (χ4n) is 2.25. The third-order valence-corrected chi connectivity index (χ3v) is 5.92. The van der Waals surface area contributed by atoms with Crippen LogP contribution in [0.2, 0.25) is 0 Å². The van der Waals surface area contributed by atoms with Crippen LogP contribution in [0.4, 0.5) is 0 Å². The van der Waals surface area contributed by atoms with Crippen molar-refractivity contribution < 1.29 is 40.2 Å². The molecule has 0 aromatic carbocycles. The van der Waals surface area contributed by atoms with Crippen LogP contribution in [-0.2, 0) is 9.59 Å². The maximum absolute atomic E-state index is 11.4. The number of aliphatic hydroxyl groups is 4. The molecule has 10 nitrogen and oxygen atoms in total. The first-order valence-corrected chi connectivity index (χ1v) is 10.5. The molecule has 0 aliphatic rings. The van der Waals surface area contributed by atoms with Gasteiger partial charge in [-0.15, -0.1) is 0 Å². The molecule has 0 aliphatic carbocycles. The summed E-state index contributed by atoms with van der Waals surface area (Å²) in [4.78, 5) is 25.7. The molecule has 2 unspecified atom stereocenters. The second-order valence-corrected chi connectivity index (χ2v) is 7.80. The van der Waals surface area contributed by atoms with Crippen molar-refractivity contribution >= 4 is 33.5 Å². The van der Waals surface area contributed by atoms with E-state index >= 15 is 0 Å². The van der Waals surface area contributed by atoms with Crippen molar-refractivity contribution in [1.82, 2.24) is 9.80 Å². The Bertz CT molecular complexity index is 357. The summed E-state index contributed by atoms with van der Waals surface area (Å²) >= 11 is 0. The zero-order valence-corrected chi connectivity index (χ0v) is 16.1. The molecule has 0 aliphatic heterocycles. The average molecular weight is 417 g/mol. The van der Waals surface area contributed by atoms with Crippen molar-refractivity contribution in [2.45, 2.75) is 12.1 Å². The Morgan fingerprint density at radius 1 is 0.654 bits per heavy atom. The lowest BCUT2D eigenvalue weighted by Gasteiger charge is -2.28. The summed E-state index contributed by atoms with van der Waals surface area (Å²) in [5, 5.41) is 54.8. The predicted octanol–water partition coefficient (Wildman–Crippen LogP) is -2.15. The number of nitrogens with zero attached hydrogens (tertiary/aromatic N) is 2. The van der Waals surface area contributed by atoms with Crippen molar-refractivity contribution in [3.05, 3.63) is 0 Å². The first-order chi connectivity index (χ1) is 12.4. The van der Waals surface area contributed by atoms with E-state index in [4.69, 9.17) is 20.4 Å². The molecule has 12 heteroatoms. The Labute approximate surface area is 160 Å². The summed E-state index contributed by atoms with van der Waals surface area (Å²) in [5.74, 6) is -1.88. The summed E-state index contributed by atoms with van der Waals surface area (Å²) in [5.41, 5.74) is 0. The van der Waals surface area contributed by atoms with E-state index in [0.717, 1.165) is 0 Å². The van der Waals surface area contributed by atoms with Crippen molar-refractivity contribution in [3.8, 4) is 0 Å². The highest BCUT2D eigenvalue weighted by Gasteiger charge is 2.27. The highest BCUT2D eigenvalue weighted by molar-refractivity contribution is 8.76. The first-order valence-electron chi connectivity index (χ1n) is 8.04. The number of aliphatic hydroxyl groups excluding tert-OH is 4. The van der Waals surface area contributed by atoms with E-state index in [-0.39, 0.29) is 64.1 Å². The van der Waals surface area contributed by atoms with Crippen LogP contribution >= 0.6 is 21.6 Å². The van der Waals surface area contributed by atoms with Gasteiger partial charge in [0, 0.05) is 37.7 Å². The van der Waals surface area contributed by atoms with E-state index in [0.29, 0.717) is 0 Å². The van der Waals surface area contributed by atoms with Crippen molar-refractivity contribution in [2.24, 2.45) is 0 Å². The van der Waals surface area contributed by atoms with Crippen LogP contribution in [0.3, 0.4) is 0 Å². The van der Waals surface area contributed by atoms with Crippen LogP contribution in [0.25, 0.3) is 0 Å². The zero-order chi connectivity index (χ0) is 19.9. The van der Waals surface area contributed by atoms with E-state index in [2.05, 4.69) is 0 Å². The van der Waals surface area contributed by atoms with Crippen LogP contribution in [0.5, 0.6) is 0 Å². The van der Waals surface area contributed by atoms with E-state index < -0.39 is 24.0 Å². The topological polar surface area (TPSA) is 162 Å². The lowest BCUT2D eigenvalue weighted by molar-refractivity contribution is -0.143. The van der Waals surface area contributed by atoms with Gasteiger partial charge in [-0.3, -0.25) is 19.4 Å². The maximum Gasteiger partial charge on any atom is 0.321 e. The number of carboxylic acid groups (broad SMARTS) is 2. The Morgan fingerprint density at radius 3 is 1.12 bits per heavy atom. The summed E-state index contributed by atoms with van der Waals surface area (Å²) in [6, 6.07) is -1.83. The standard InChI is InChI=1S/C14H28N2O8S2/c17-5-1-15(2-6-18)11(13(21)22)9-25-26-10-12(14(23)24)16(3-7-19)4-8-20/h11-12,17-20H,1-10H2,(H,21,22)(H,23,24). The van der Waals surface area contributed by atoms with Gasteiger partial charge in [0.1, 0.15) is 12.1 Å². The molecule has 0 saturated heterocycles. The van der Waals surface area contributed by atoms with Gasteiger partial charge < -0.3 is 30.6 Å². The van der Waals surface area contributed by atoms with Crippen molar-refractivity contribution in [2.75, 3.05) is 64.1 Å². The van der Waals surface area contributed by atoms with Crippen LogP contribution in [0.15, 0.2) is 0 Å². The Kier molecular flexibility index (Phi) is 15.1. The smallest absolute Gasteiger partial charge is 0.321 e. The normalized spacial score (nSPS) is 13.9. The summed E-state index contributed by atoms with van der Waals surface area (Å²) in [6.07, 6.45) is 0. The van der Waals surface area contributed by atoms with Gasteiger partial charge in [-0.1, -0.05) is 21.6 Å². The Hall–Kier alpha value is -0.600. The third kappa shape index (κ3) is 9.92. The molecule has 6 N–H and O–H groups in total. The van der Waals surface area contributed by atoms with Gasteiger partial charge >= 0.3 is 11.9 Å². The van der Waals surface area contributed by atoms with Crippen LogP contribution in [-0.4, -0.2) is 129 Å². The molecule has 0 saturated carbocycles.